The molecule has 0 aliphatic rings. The molecule has 23 heavy (non-hydrogen) atoms. The van der Waals surface area contributed by atoms with Crippen LogP contribution in [0.15, 0.2) is 97.2 Å². The minimum absolute atomic E-state index is 0.146. The normalized spacial score (nSPS) is 13.5. The van der Waals surface area contributed by atoms with Crippen LogP contribution in [0.2, 0.25) is 0 Å². The zero-order valence-corrected chi connectivity index (χ0v) is 13.9. The molecule has 0 heterocycles. The molecule has 0 aromatic rings. The van der Waals surface area contributed by atoms with Crippen molar-refractivity contribution in [2.75, 3.05) is 0 Å². The Labute approximate surface area is 139 Å². The molecule has 0 N–H and O–H groups in total. The molecule has 0 aliphatic carbocycles. The van der Waals surface area contributed by atoms with Crippen LogP contribution < -0.4 is 0 Å². The summed E-state index contributed by atoms with van der Waals surface area (Å²) in [7, 11) is 0. The fourth-order valence-corrected chi connectivity index (χ4v) is 1.59. The summed E-state index contributed by atoms with van der Waals surface area (Å²) in [5.41, 5.74) is 1.73. The van der Waals surface area contributed by atoms with Crippen LogP contribution in [0.5, 0.6) is 0 Å². The number of carbonyl (C=O) groups is 2. The number of carbonyl (C=O) groups excluding carboxylic acids is 2. The van der Waals surface area contributed by atoms with E-state index >= 15 is 0 Å². The molecule has 0 amide bonds. The van der Waals surface area contributed by atoms with E-state index in [-0.39, 0.29) is 18.0 Å². The van der Waals surface area contributed by atoms with Crippen molar-refractivity contribution in [1.29, 1.82) is 0 Å². The van der Waals surface area contributed by atoms with Gasteiger partial charge in [-0.3, -0.25) is 9.59 Å². The van der Waals surface area contributed by atoms with Crippen molar-refractivity contribution in [1.82, 2.24) is 0 Å². The van der Waals surface area contributed by atoms with E-state index in [4.69, 9.17) is 0 Å². The second kappa shape index (κ2) is 13.0. The molecule has 0 aromatic carbocycles. The third-order valence-corrected chi connectivity index (χ3v) is 2.70. The van der Waals surface area contributed by atoms with Gasteiger partial charge in [0.2, 0.25) is 0 Å². The Bertz CT molecular complexity index is 606. The summed E-state index contributed by atoms with van der Waals surface area (Å²) in [6, 6.07) is 0. The summed E-state index contributed by atoms with van der Waals surface area (Å²) in [6.45, 7) is 11.0. The molecule has 2 heteroatoms. The third-order valence-electron chi connectivity index (χ3n) is 2.70. The number of hydrogen-bond acceptors (Lipinski definition) is 2. The summed E-state index contributed by atoms with van der Waals surface area (Å²) in [5, 5.41) is 0. The van der Waals surface area contributed by atoms with E-state index in [9.17, 15) is 9.59 Å². The van der Waals surface area contributed by atoms with E-state index in [0.29, 0.717) is 0 Å². The number of rotatable bonds is 10. The van der Waals surface area contributed by atoms with Crippen molar-refractivity contribution in [2.24, 2.45) is 0 Å². The summed E-state index contributed by atoms with van der Waals surface area (Å²) in [4.78, 5) is 23.6. The molecule has 0 fully saturated rings. The first-order valence-corrected chi connectivity index (χ1v) is 7.40. The first-order valence-electron chi connectivity index (χ1n) is 7.40. The highest BCUT2D eigenvalue weighted by molar-refractivity contribution is 6.08. The Morgan fingerprint density at radius 3 is 1.87 bits per heavy atom. The van der Waals surface area contributed by atoms with Gasteiger partial charge in [0.15, 0.2) is 11.6 Å². The lowest BCUT2D eigenvalue weighted by atomic mass is 10.1. The van der Waals surface area contributed by atoms with Crippen molar-refractivity contribution in [2.45, 2.75) is 20.3 Å². The Morgan fingerprint density at radius 1 is 0.783 bits per heavy atom. The SMILES string of the molecule is C=C\C=C/C(/C=C/C(=O)CC(=O)/C=C/C(/C=C\C)=C/C)=C\C=C. The van der Waals surface area contributed by atoms with Crippen molar-refractivity contribution < 1.29 is 9.59 Å². The monoisotopic (exact) mass is 308 g/mol. The van der Waals surface area contributed by atoms with Gasteiger partial charge in [0, 0.05) is 0 Å². The van der Waals surface area contributed by atoms with E-state index in [2.05, 4.69) is 13.2 Å². The zero-order valence-electron chi connectivity index (χ0n) is 13.9. The van der Waals surface area contributed by atoms with Crippen LogP contribution >= 0.6 is 0 Å². The van der Waals surface area contributed by atoms with Crippen LogP contribution in [-0.4, -0.2) is 11.6 Å². The van der Waals surface area contributed by atoms with E-state index in [1.54, 1.807) is 42.5 Å². The predicted octanol–water partition coefficient (Wildman–Crippen LogP) is 5.00. The minimum Gasteiger partial charge on any atom is -0.294 e. The van der Waals surface area contributed by atoms with Crippen LogP contribution in [0.1, 0.15) is 20.3 Å². The maximum atomic E-state index is 11.8. The molecule has 0 atom stereocenters. The Hall–Kier alpha value is -2.74. The number of allylic oxidation sites excluding steroid dienone is 14. The van der Waals surface area contributed by atoms with Crippen molar-refractivity contribution in [3.05, 3.63) is 97.2 Å². The van der Waals surface area contributed by atoms with Crippen molar-refractivity contribution in [3.63, 3.8) is 0 Å². The molecule has 0 aromatic heterocycles. The quantitative estimate of drug-likeness (QED) is 0.323. The highest BCUT2D eigenvalue weighted by Crippen LogP contribution is 2.03. The second-order valence-corrected chi connectivity index (χ2v) is 4.56. The topological polar surface area (TPSA) is 34.1 Å². The molecular formula is C21H24O2. The molecule has 2 nitrogen and oxygen atoms in total. The lowest BCUT2D eigenvalue weighted by Crippen LogP contribution is -2.02. The standard InChI is InChI=1S/C21H24O2/c1-5-9-12-19(11-7-3)14-16-21(23)17-20(22)15-13-18(8-4)10-6-2/h5-16H,1,3,17H2,2,4H3/b10-6-,12-9-,15-13+,16-14+,18-8+,19-11+. The molecule has 0 saturated carbocycles. The molecular weight excluding hydrogens is 284 g/mol. The Balaban J connectivity index is 4.73. The summed E-state index contributed by atoms with van der Waals surface area (Å²) >= 11 is 0. The molecule has 0 unspecified atom stereocenters. The van der Waals surface area contributed by atoms with Gasteiger partial charge in [-0.1, -0.05) is 73.9 Å². The zero-order chi connectivity index (χ0) is 17.5. The largest absolute Gasteiger partial charge is 0.294 e. The average molecular weight is 308 g/mol. The molecule has 0 saturated heterocycles. The van der Waals surface area contributed by atoms with Gasteiger partial charge in [-0.15, -0.1) is 0 Å². The van der Waals surface area contributed by atoms with Gasteiger partial charge in [-0.05, 0) is 37.1 Å². The van der Waals surface area contributed by atoms with E-state index in [1.165, 1.54) is 12.2 Å². The van der Waals surface area contributed by atoms with Crippen molar-refractivity contribution >= 4 is 11.6 Å². The third kappa shape index (κ3) is 10.6. The van der Waals surface area contributed by atoms with Gasteiger partial charge in [-0.2, -0.15) is 0 Å². The average Bonchev–Trinajstić information content (AvgIpc) is 2.54. The minimum atomic E-state index is -0.241. The van der Waals surface area contributed by atoms with Gasteiger partial charge in [0.25, 0.3) is 0 Å². The molecule has 0 spiro atoms. The number of ketones is 2. The maximum Gasteiger partial charge on any atom is 0.163 e. The highest BCUT2D eigenvalue weighted by Gasteiger charge is 2.03. The fraction of sp³-hybridized carbons (Fsp3) is 0.143. The van der Waals surface area contributed by atoms with Crippen LogP contribution in [-0.2, 0) is 9.59 Å². The van der Waals surface area contributed by atoms with Crippen LogP contribution in [0.4, 0.5) is 0 Å². The van der Waals surface area contributed by atoms with Crippen LogP contribution in [0.3, 0.4) is 0 Å². The molecule has 120 valence electrons. The van der Waals surface area contributed by atoms with Gasteiger partial charge >= 0.3 is 0 Å². The van der Waals surface area contributed by atoms with E-state index < -0.39 is 0 Å². The lowest BCUT2D eigenvalue weighted by Gasteiger charge is -1.94. The first kappa shape index (κ1) is 20.3. The van der Waals surface area contributed by atoms with E-state index in [0.717, 1.165) is 11.1 Å². The van der Waals surface area contributed by atoms with E-state index in [1.807, 2.05) is 32.1 Å². The Kier molecular flexibility index (Phi) is 11.4. The Morgan fingerprint density at radius 2 is 1.39 bits per heavy atom. The van der Waals surface area contributed by atoms with Crippen LogP contribution in [0, 0.1) is 0 Å². The first-order chi connectivity index (χ1) is 11.1. The second-order valence-electron chi connectivity index (χ2n) is 4.56. The summed E-state index contributed by atoms with van der Waals surface area (Å²) in [6.07, 6.45) is 20.3. The highest BCUT2D eigenvalue weighted by atomic mass is 16.1. The van der Waals surface area contributed by atoms with Gasteiger partial charge < -0.3 is 0 Å². The van der Waals surface area contributed by atoms with Crippen LogP contribution in [0.25, 0.3) is 0 Å². The molecule has 0 bridgehead atoms. The number of hydrogen-bond donors (Lipinski definition) is 0. The summed E-state index contributed by atoms with van der Waals surface area (Å²) in [5.74, 6) is -0.464. The smallest absolute Gasteiger partial charge is 0.163 e. The van der Waals surface area contributed by atoms with Gasteiger partial charge in [-0.25, -0.2) is 0 Å². The predicted molar refractivity (Wildman–Crippen MR) is 99.1 cm³/mol. The summed E-state index contributed by atoms with van der Waals surface area (Å²) < 4.78 is 0. The fourth-order valence-electron chi connectivity index (χ4n) is 1.59. The molecule has 0 aliphatic heterocycles. The van der Waals surface area contributed by atoms with Crippen molar-refractivity contribution in [3.8, 4) is 0 Å². The molecule has 0 radical (unpaired) electrons. The van der Waals surface area contributed by atoms with Gasteiger partial charge in [0.05, 0.1) is 6.42 Å². The lowest BCUT2D eigenvalue weighted by molar-refractivity contribution is -0.121. The molecule has 0 rings (SSSR count). The van der Waals surface area contributed by atoms with Gasteiger partial charge in [0.1, 0.15) is 0 Å². The maximum absolute atomic E-state index is 11.8.